The van der Waals surface area contributed by atoms with Gasteiger partial charge in [-0.15, -0.1) is 12.4 Å². The Bertz CT molecular complexity index is 430. The highest BCUT2D eigenvalue weighted by Crippen LogP contribution is 2.30. The SMILES string of the molecule is CCOC(=O)C(F)[C@H](N)c1ccc(OC)cc1O.Cl. The third-order valence-electron chi connectivity index (χ3n) is 2.42. The molecule has 108 valence electrons. The number of phenols is 1. The molecule has 2 atom stereocenters. The Morgan fingerprint density at radius 3 is 2.63 bits per heavy atom. The number of carbonyl (C=O) groups is 1. The molecule has 1 aromatic rings. The molecule has 0 saturated heterocycles. The number of halogens is 2. The number of ether oxygens (including phenoxy) is 2. The van der Waals surface area contributed by atoms with Crippen molar-refractivity contribution in [2.45, 2.75) is 19.1 Å². The minimum absolute atomic E-state index is 0. The Morgan fingerprint density at radius 1 is 1.53 bits per heavy atom. The van der Waals surface area contributed by atoms with Gasteiger partial charge in [-0.25, -0.2) is 9.18 Å². The molecule has 0 radical (unpaired) electrons. The molecule has 1 rings (SSSR count). The topological polar surface area (TPSA) is 81.8 Å². The first-order valence-corrected chi connectivity index (χ1v) is 5.44. The zero-order valence-electron chi connectivity index (χ0n) is 10.6. The number of phenolic OH excluding ortho intramolecular Hbond substituents is 1. The number of hydrogen-bond acceptors (Lipinski definition) is 5. The monoisotopic (exact) mass is 293 g/mol. The standard InChI is InChI=1S/C12H16FNO4.ClH/c1-3-18-12(16)10(13)11(14)8-5-4-7(17-2)6-9(8)15;/h4-6,10-11,15H,3,14H2,1-2H3;1H/t10?,11-;/m1./s1. The Morgan fingerprint density at radius 2 is 2.16 bits per heavy atom. The maximum atomic E-state index is 13.7. The number of hydrogen-bond donors (Lipinski definition) is 2. The van der Waals surface area contributed by atoms with Crippen molar-refractivity contribution in [3.05, 3.63) is 23.8 Å². The molecule has 5 nitrogen and oxygen atoms in total. The van der Waals surface area contributed by atoms with Gasteiger partial charge in [-0.2, -0.15) is 0 Å². The third-order valence-corrected chi connectivity index (χ3v) is 2.42. The molecular formula is C12H17ClFNO4. The minimum atomic E-state index is -2.02. The maximum Gasteiger partial charge on any atom is 0.342 e. The molecule has 0 aromatic heterocycles. The van der Waals surface area contributed by atoms with Crippen LogP contribution in [0.3, 0.4) is 0 Å². The van der Waals surface area contributed by atoms with Gasteiger partial charge in [0.25, 0.3) is 0 Å². The number of rotatable bonds is 5. The van der Waals surface area contributed by atoms with Crippen molar-refractivity contribution >= 4 is 18.4 Å². The van der Waals surface area contributed by atoms with Gasteiger partial charge in [0, 0.05) is 11.6 Å². The number of benzene rings is 1. The smallest absolute Gasteiger partial charge is 0.342 e. The summed E-state index contributed by atoms with van der Waals surface area (Å²) >= 11 is 0. The first kappa shape index (κ1) is 17.5. The van der Waals surface area contributed by atoms with Gasteiger partial charge in [-0.1, -0.05) is 0 Å². The van der Waals surface area contributed by atoms with E-state index in [0.717, 1.165) is 0 Å². The van der Waals surface area contributed by atoms with E-state index in [1.54, 1.807) is 6.92 Å². The lowest BCUT2D eigenvalue weighted by Crippen LogP contribution is -2.31. The molecular weight excluding hydrogens is 277 g/mol. The molecule has 0 bridgehead atoms. The van der Waals surface area contributed by atoms with Gasteiger partial charge in [0.2, 0.25) is 6.17 Å². The second-order valence-electron chi connectivity index (χ2n) is 3.60. The average molecular weight is 294 g/mol. The number of methoxy groups -OCH3 is 1. The fraction of sp³-hybridized carbons (Fsp3) is 0.417. The van der Waals surface area contributed by atoms with Crippen LogP contribution in [0.15, 0.2) is 18.2 Å². The van der Waals surface area contributed by atoms with Gasteiger partial charge in [-0.05, 0) is 19.1 Å². The van der Waals surface area contributed by atoms with E-state index in [9.17, 15) is 14.3 Å². The summed E-state index contributed by atoms with van der Waals surface area (Å²) < 4.78 is 23.1. The van der Waals surface area contributed by atoms with E-state index in [4.69, 9.17) is 10.5 Å². The molecule has 0 aliphatic rings. The summed E-state index contributed by atoms with van der Waals surface area (Å²) in [4.78, 5) is 11.2. The van der Waals surface area contributed by atoms with Crippen molar-refractivity contribution < 1.29 is 23.8 Å². The second-order valence-corrected chi connectivity index (χ2v) is 3.60. The Kier molecular flexibility index (Phi) is 7.18. The fourth-order valence-electron chi connectivity index (χ4n) is 1.46. The molecule has 0 spiro atoms. The average Bonchev–Trinajstić information content (AvgIpc) is 2.37. The largest absolute Gasteiger partial charge is 0.507 e. The highest BCUT2D eigenvalue weighted by atomic mass is 35.5. The van der Waals surface area contributed by atoms with Crippen LogP contribution in [0, 0.1) is 0 Å². The van der Waals surface area contributed by atoms with E-state index in [2.05, 4.69) is 4.74 Å². The first-order valence-electron chi connectivity index (χ1n) is 5.44. The number of carbonyl (C=O) groups excluding carboxylic acids is 1. The van der Waals surface area contributed by atoms with Gasteiger partial charge >= 0.3 is 5.97 Å². The summed E-state index contributed by atoms with van der Waals surface area (Å²) in [5, 5.41) is 9.67. The summed E-state index contributed by atoms with van der Waals surface area (Å²) in [6.07, 6.45) is -2.02. The van der Waals surface area contributed by atoms with Gasteiger partial charge < -0.3 is 20.3 Å². The lowest BCUT2D eigenvalue weighted by molar-refractivity contribution is -0.149. The Hall–Kier alpha value is -1.53. The summed E-state index contributed by atoms with van der Waals surface area (Å²) in [5.41, 5.74) is 5.71. The van der Waals surface area contributed by atoms with Crippen LogP contribution in [-0.2, 0) is 9.53 Å². The maximum absolute atomic E-state index is 13.7. The summed E-state index contributed by atoms with van der Waals surface area (Å²) in [5.74, 6) is -0.857. The van der Waals surface area contributed by atoms with E-state index in [1.165, 1.54) is 25.3 Å². The first-order chi connectivity index (χ1) is 8.51. The molecule has 0 heterocycles. The molecule has 3 N–H and O–H groups in total. The van der Waals surface area contributed by atoms with Crippen LogP contribution in [0.4, 0.5) is 4.39 Å². The van der Waals surface area contributed by atoms with Gasteiger partial charge in [-0.3, -0.25) is 0 Å². The molecule has 0 fully saturated rings. The molecule has 0 aliphatic heterocycles. The fourth-order valence-corrected chi connectivity index (χ4v) is 1.46. The zero-order valence-corrected chi connectivity index (χ0v) is 11.4. The Balaban J connectivity index is 0.00000324. The van der Waals surface area contributed by atoms with Crippen LogP contribution in [0.25, 0.3) is 0 Å². The number of esters is 1. The van der Waals surface area contributed by atoms with Crippen LogP contribution in [0.2, 0.25) is 0 Å². The number of aromatic hydroxyl groups is 1. The predicted octanol–water partition coefficient (Wildman–Crippen LogP) is 1.72. The number of nitrogens with two attached hydrogens (primary N) is 1. The van der Waals surface area contributed by atoms with E-state index >= 15 is 0 Å². The van der Waals surface area contributed by atoms with Crippen LogP contribution >= 0.6 is 12.4 Å². The molecule has 7 heteroatoms. The van der Waals surface area contributed by atoms with Crippen LogP contribution < -0.4 is 10.5 Å². The van der Waals surface area contributed by atoms with Gasteiger partial charge in [0.1, 0.15) is 11.5 Å². The molecule has 19 heavy (non-hydrogen) atoms. The van der Waals surface area contributed by atoms with Crippen molar-refractivity contribution in [1.82, 2.24) is 0 Å². The third kappa shape index (κ3) is 4.25. The molecule has 1 unspecified atom stereocenters. The van der Waals surface area contributed by atoms with Crippen LogP contribution in [-0.4, -0.2) is 31.0 Å². The van der Waals surface area contributed by atoms with E-state index in [1.807, 2.05) is 0 Å². The lowest BCUT2D eigenvalue weighted by atomic mass is 10.0. The van der Waals surface area contributed by atoms with E-state index in [0.29, 0.717) is 5.75 Å². The summed E-state index contributed by atoms with van der Waals surface area (Å²) in [7, 11) is 1.44. The van der Waals surface area contributed by atoms with Gasteiger partial charge in [0.05, 0.1) is 19.8 Å². The van der Waals surface area contributed by atoms with Crippen LogP contribution in [0.1, 0.15) is 18.5 Å². The zero-order chi connectivity index (χ0) is 13.7. The van der Waals surface area contributed by atoms with Crippen LogP contribution in [0.5, 0.6) is 11.5 Å². The van der Waals surface area contributed by atoms with E-state index in [-0.39, 0.29) is 30.3 Å². The van der Waals surface area contributed by atoms with Crippen molar-refractivity contribution in [2.75, 3.05) is 13.7 Å². The lowest BCUT2D eigenvalue weighted by Gasteiger charge is -2.17. The van der Waals surface area contributed by atoms with E-state index < -0.39 is 18.2 Å². The van der Waals surface area contributed by atoms with Gasteiger partial charge in [0.15, 0.2) is 0 Å². The molecule has 0 aliphatic carbocycles. The molecule has 0 amide bonds. The number of alkyl halides is 1. The normalized spacial score (nSPS) is 13.1. The Labute approximate surface area is 116 Å². The minimum Gasteiger partial charge on any atom is -0.507 e. The molecule has 1 aromatic carbocycles. The van der Waals surface area contributed by atoms with Crippen molar-refractivity contribution in [1.29, 1.82) is 0 Å². The summed E-state index contributed by atoms with van der Waals surface area (Å²) in [6.45, 7) is 1.64. The quantitative estimate of drug-likeness (QED) is 0.808. The van der Waals surface area contributed by atoms with Crippen molar-refractivity contribution in [2.24, 2.45) is 5.73 Å². The van der Waals surface area contributed by atoms with Crippen molar-refractivity contribution in [3.63, 3.8) is 0 Å². The predicted molar refractivity (Wildman–Crippen MR) is 70.4 cm³/mol. The van der Waals surface area contributed by atoms with Crippen molar-refractivity contribution in [3.8, 4) is 11.5 Å². The second kappa shape index (κ2) is 7.81. The molecule has 0 saturated carbocycles. The highest BCUT2D eigenvalue weighted by molar-refractivity contribution is 5.85. The highest BCUT2D eigenvalue weighted by Gasteiger charge is 2.29. The summed E-state index contributed by atoms with van der Waals surface area (Å²) in [6, 6.07) is 2.94.